The summed E-state index contributed by atoms with van der Waals surface area (Å²) in [7, 11) is 1.82. The molecule has 1 atom stereocenters. The third kappa shape index (κ3) is 4.35. The predicted octanol–water partition coefficient (Wildman–Crippen LogP) is 2.83. The third-order valence-electron chi connectivity index (χ3n) is 3.42. The molecule has 0 aliphatic heterocycles. The van der Waals surface area contributed by atoms with E-state index in [9.17, 15) is 4.79 Å². The predicted molar refractivity (Wildman–Crippen MR) is 81.2 cm³/mol. The van der Waals surface area contributed by atoms with Crippen molar-refractivity contribution in [1.82, 2.24) is 0 Å². The SMILES string of the molecule is CCC(CN)C(=O)N(C)c1ccc(CC(C)C)cc1. The second-order valence-electron chi connectivity index (χ2n) is 5.50. The van der Waals surface area contributed by atoms with Crippen LogP contribution in [-0.4, -0.2) is 19.5 Å². The first-order valence-corrected chi connectivity index (χ1v) is 7.06. The van der Waals surface area contributed by atoms with Crippen molar-refractivity contribution < 1.29 is 4.79 Å². The summed E-state index contributed by atoms with van der Waals surface area (Å²) in [6.45, 7) is 6.81. The molecule has 106 valence electrons. The molecular formula is C16H26N2O. The number of nitrogens with two attached hydrogens (primary N) is 1. The van der Waals surface area contributed by atoms with Crippen molar-refractivity contribution in [2.24, 2.45) is 17.6 Å². The topological polar surface area (TPSA) is 46.3 Å². The molecule has 3 nitrogen and oxygen atoms in total. The molecule has 0 saturated heterocycles. The Bertz CT molecular complexity index is 394. The highest BCUT2D eigenvalue weighted by molar-refractivity contribution is 5.94. The lowest BCUT2D eigenvalue weighted by molar-refractivity contribution is -0.121. The van der Waals surface area contributed by atoms with E-state index < -0.39 is 0 Å². The molecule has 0 spiro atoms. The van der Waals surface area contributed by atoms with Gasteiger partial charge < -0.3 is 10.6 Å². The lowest BCUT2D eigenvalue weighted by Gasteiger charge is -2.22. The zero-order chi connectivity index (χ0) is 14.4. The van der Waals surface area contributed by atoms with Gasteiger partial charge in [0.2, 0.25) is 5.91 Å². The van der Waals surface area contributed by atoms with Gasteiger partial charge in [0.05, 0.1) is 5.92 Å². The fraction of sp³-hybridized carbons (Fsp3) is 0.562. The van der Waals surface area contributed by atoms with Gasteiger partial charge in [0, 0.05) is 19.3 Å². The van der Waals surface area contributed by atoms with Crippen molar-refractivity contribution in [3.63, 3.8) is 0 Å². The molecule has 19 heavy (non-hydrogen) atoms. The first kappa shape index (κ1) is 15.7. The molecule has 3 heteroatoms. The molecule has 1 aromatic carbocycles. The molecule has 0 heterocycles. The van der Waals surface area contributed by atoms with Crippen LogP contribution in [0.5, 0.6) is 0 Å². The van der Waals surface area contributed by atoms with Crippen LogP contribution in [0.3, 0.4) is 0 Å². The van der Waals surface area contributed by atoms with Gasteiger partial charge in [-0.15, -0.1) is 0 Å². The molecule has 1 aromatic rings. The molecule has 0 aromatic heterocycles. The van der Waals surface area contributed by atoms with Crippen LogP contribution in [-0.2, 0) is 11.2 Å². The number of anilines is 1. The van der Waals surface area contributed by atoms with Gasteiger partial charge in [-0.05, 0) is 36.5 Å². The van der Waals surface area contributed by atoms with E-state index in [4.69, 9.17) is 5.73 Å². The Morgan fingerprint density at radius 2 is 1.84 bits per heavy atom. The monoisotopic (exact) mass is 262 g/mol. The Balaban J connectivity index is 2.77. The van der Waals surface area contributed by atoms with Crippen molar-refractivity contribution in [3.8, 4) is 0 Å². The normalized spacial score (nSPS) is 12.5. The summed E-state index contributed by atoms with van der Waals surface area (Å²) in [5.74, 6) is 0.661. The largest absolute Gasteiger partial charge is 0.330 e. The number of carbonyl (C=O) groups excluding carboxylic acids is 1. The molecule has 0 fully saturated rings. The Kier molecular flexibility index (Phi) is 6.03. The van der Waals surface area contributed by atoms with E-state index in [1.54, 1.807) is 4.90 Å². The number of hydrogen-bond donors (Lipinski definition) is 1. The van der Waals surface area contributed by atoms with Crippen LogP contribution in [0, 0.1) is 11.8 Å². The third-order valence-corrected chi connectivity index (χ3v) is 3.42. The number of benzene rings is 1. The van der Waals surface area contributed by atoms with E-state index in [0.29, 0.717) is 12.5 Å². The maximum atomic E-state index is 12.2. The minimum Gasteiger partial charge on any atom is -0.330 e. The molecule has 2 N–H and O–H groups in total. The summed E-state index contributed by atoms with van der Waals surface area (Å²) >= 11 is 0. The molecule has 0 radical (unpaired) electrons. The summed E-state index contributed by atoms with van der Waals surface area (Å²) in [6, 6.07) is 8.22. The molecule has 0 saturated carbocycles. The van der Waals surface area contributed by atoms with Crippen molar-refractivity contribution in [2.75, 3.05) is 18.5 Å². The maximum Gasteiger partial charge on any atom is 0.231 e. The minimum atomic E-state index is -0.0830. The summed E-state index contributed by atoms with van der Waals surface area (Å²) in [5, 5.41) is 0. The van der Waals surface area contributed by atoms with E-state index >= 15 is 0 Å². The Morgan fingerprint density at radius 3 is 2.26 bits per heavy atom. The number of rotatable bonds is 6. The van der Waals surface area contributed by atoms with E-state index in [1.807, 2.05) is 26.1 Å². The van der Waals surface area contributed by atoms with Gasteiger partial charge in [0.25, 0.3) is 0 Å². The van der Waals surface area contributed by atoms with Gasteiger partial charge in [0.1, 0.15) is 0 Å². The summed E-state index contributed by atoms with van der Waals surface area (Å²) in [5.41, 5.74) is 7.88. The fourth-order valence-electron chi connectivity index (χ4n) is 2.17. The average Bonchev–Trinajstić information content (AvgIpc) is 2.39. The highest BCUT2D eigenvalue weighted by Gasteiger charge is 2.19. The van der Waals surface area contributed by atoms with Crippen LogP contribution in [0.15, 0.2) is 24.3 Å². The molecule has 0 aliphatic rings. The molecular weight excluding hydrogens is 236 g/mol. The van der Waals surface area contributed by atoms with E-state index in [-0.39, 0.29) is 11.8 Å². The van der Waals surface area contributed by atoms with Gasteiger partial charge in [-0.3, -0.25) is 4.79 Å². The van der Waals surface area contributed by atoms with Crippen molar-refractivity contribution in [1.29, 1.82) is 0 Å². The fourth-order valence-corrected chi connectivity index (χ4v) is 2.17. The second-order valence-corrected chi connectivity index (χ2v) is 5.50. The average molecular weight is 262 g/mol. The lowest BCUT2D eigenvalue weighted by Crippen LogP contribution is -2.36. The van der Waals surface area contributed by atoms with Crippen LogP contribution in [0.4, 0.5) is 5.69 Å². The van der Waals surface area contributed by atoms with Crippen molar-refractivity contribution >= 4 is 11.6 Å². The van der Waals surface area contributed by atoms with Crippen LogP contribution in [0.2, 0.25) is 0 Å². The zero-order valence-electron chi connectivity index (χ0n) is 12.5. The number of nitrogens with zero attached hydrogens (tertiary/aromatic N) is 1. The van der Waals surface area contributed by atoms with Crippen LogP contribution in [0.25, 0.3) is 0 Å². The molecule has 1 rings (SSSR count). The van der Waals surface area contributed by atoms with Gasteiger partial charge in [0.15, 0.2) is 0 Å². The zero-order valence-corrected chi connectivity index (χ0v) is 12.5. The second kappa shape index (κ2) is 7.29. The summed E-state index contributed by atoms with van der Waals surface area (Å²) in [4.78, 5) is 13.9. The smallest absolute Gasteiger partial charge is 0.231 e. The molecule has 0 aliphatic carbocycles. The molecule has 1 amide bonds. The maximum absolute atomic E-state index is 12.2. The lowest BCUT2D eigenvalue weighted by atomic mass is 10.0. The number of carbonyl (C=O) groups is 1. The van der Waals surface area contributed by atoms with E-state index in [2.05, 4.69) is 26.0 Å². The standard InChI is InChI=1S/C16H26N2O/c1-5-14(11-17)16(19)18(4)15-8-6-13(7-9-15)10-12(2)3/h6-9,12,14H,5,10-11,17H2,1-4H3. The first-order valence-electron chi connectivity index (χ1n) is 7.06. The number of hydrogen-bond acceptors (Lipinski definition) is 2. The van der Waals surface area contributed by atoms with Gasteiger partial charge in [-0.2, -0.15) is 0 Å². The summed E-state index contributed by atoms with van der Waals surface area (Å²) in [6.07, 6.45) is 1.85. The minimum absolute atomic E-state index is 0.0830. The summed E-state index contributed by atoms with van der Waals surface area (Å²) < 4.78 is 0. The van der Waals surface area contributed by atoms with Crippen LogP contribution in [0.1, 0.15) is 32.8 Å². The molecule has 1 unspecified atom stereocenters. The molecule has 0 bridgehead atoms. The van der Waals surface area contributed by atoms with Crippen LogP contribution >= 0.6 is 0 Å². The van der Waals surface area contributed by atoms with Gasteiger partial charge in [-0.1, -0.05) is 32.9 Å². The van der Waals surface area contributed by atoms with Crippen LogP contribution < -0.4 is 10.6 Å². The Morgan fingerprint density at radius 1 is 1.26 bits per heavy atom. The highest BCUT2D eigenvalue weighted by atomic mass is 16.2. The quantitative estimate of drug-likeness (QED) is 0.857. The van der Waals surface area contributed by atoms with Gasteiger partial charge >= 0.3 is 0 Å². The number of amides is 1. The van der Waals surface area contributed by atoms with E-state index in [0.717, 1.165) is 18.5 Å². The van der Waals surface area contributed by atoms with Crippen molar-refractivity contribution in [2.45, 2.75) is 33.6 Å². The Hall–Kier alpha value is -1.35. The first-order chi connectivity index (χ1) is 8.99. The van der Waals surface area contributed by atoms with E-state index in [1.165, 1.54) is 5.56 Å². The van der Waals surface area contributed by atoms with Gasteiger partial charge in [-0.25, -0.2) is 0 Å². The highest BCUT2D eigenvalue weighted by Crippen LogP contribution is 2.18. The van der Waals surface area contributed by atoms with Crippen molar-refractivity contribution in [3.05, 3.63) is 29.8 Å². The Labute approximate surface area is 116 Å².